The van der Waals surface area contributed by atoms with Crippen molar-refractivity contribution in [2.45, 2.75) is 31.7 Å². The molecule has 0 aromatic heterocycles. The van der Waals surface area contributed by atoms with E-state index in [1.165, 1.54) is 16.4 Å². The highest BCUT2D eigenvalue weighted by atomic mass is 32.2. The Labute approximate surface area is 119 Å². The Morgan fingerprint density at radius 1 is 1.40 bits per heavy atom. The summed E-state index contributed by atoms with van der Waals surface area (Å²) < 4.78 is 26.2. The molecule has 0 fully saturated rings. The molecule has 0 aliphatic rings. The fraction of sp³-hybridized carbons (Fsp3) is 0.462. The van der Waals surface area contributed by atoms with Gasteiger partial charge in [-0.2, -0.15) is 4.31 Å². The van der Waals surface area contributed by atoms with E-state index in [0.717, 1.165) is 0 Å². The second-order valence-corrected chi connectivity index (χ2v) is 6.66. The van der Waals surface area contributed by atoms with Gasteiger partial charge in [0, 0.05) is 18.2 Å². The molecule has 0 radical (unpaired) electrons. The predicted octanol–water partition coefficient (Wildman–Crippen LogP) is 0.485. The van der Waals surface area contributed by atoms with E-state index in [9.17, 15) is 13.2 Å². The van der Waals surface area contributed by atoms with Crippen LogP contribution < -0.4 is 5.73 Å². The Kier molecular flexibility index (Phi) is 5.27. The van der Waals surface area contributed by atoms with Gasteiger partial charge in [0.05, 0.1) is 11.5 Å². The summed E-state index contributed by atoms with van der Waals surface area (Å²) in [6, 6.07) is 3.96. The molecule has 20 heavy (non-hydrogen) atoms. The number of aliphatic hydroxyl groups excluding tert-OH is 1. The number of carbonyl (C=O) groups excluding carboxylic acids is 1. The number of primary amides is 1. The van der Waals surface area contributed by atoms with Crippen molar-refractivity contribution in [2.75, 3.05) is 13.2 Å². The summed E-state index contributed by atoms with van der Waals surface area (Å²) in [4.78, 5) is 11.3. The van der Waals surface area contributed by atoms with Gasteiger partial charge >= 0.3 is 0 Å². The third kappa shape index (κ3) is 3.36. The number of amides is 1. The van der Waals surface area contributed by atoms with Gasteiger partial charge in [-0.25, -0.2) is 8.42 Å². The second kappa shape index (κ2) is 6.34. The summed E-state index contributed by atoms with van der Waals surface area (Å²) in [6.07, 6.45) is 0. The Morgan fingerprint density at radius 3 is 2.45 bits per heavy atom. The number of carbonyl (C=O) groups is 1. The van der Waals surface area contributed by atoms with Gasteiger partial charge in [0.2, 0.25) is 15.9 Å². The van der Waals surface area contributed by atoms with Crippen LogP contribution in [0.25, 0.3) is 0 Å². The zero-order valence-corrected chi connectivity index (χ0v) is 12.6. The van der Waals surface area contributed by atoms with E-state index in [2.05, 4.69) is 0 Å². The fourth-order valence-corrected chi connectivity index (χ4v) is 3.57. The lowest BCUT2D eigenvalue weighted by Crippen LogP contribution is -2.39. The number of hydrogen-bond acceptors (Lipinski definition) is 4. The van der Waals surface area contributed by atoms with Crippen LogP contribution in [0.15, 0.2) is 23.1 Å². The molecule has 1 aromatic carbocycles. The molecule has 0 spiro atoms. The molecule has 0 aliphatic carbocycles. The normalized spacial score (nSPS) is 12.1. The Bertz CT molecular complexity index is 596. The standard InChI is InChI=1S/C13H20N2O4S/c1-9(2)15(6-7-16)20(18,19)11-5-4-10(3)12(8-11)13(14)17/h4-5,8-9,16H,6-7H2,1-3H3,(H2,14,17). The van der Waals surface area contributed by atoms with E-state index >= 15 is 0 Å². The maximum atomic E-state index is 12.5. The van der Waals surface area contributed by atoms with Crippen molar-refractivity contribution in [1.29, 1.82) is 0 Å². The van der Waals surface area contributed by atoms with Gasteiger partial charge in [-0.05, 0) is 38.5 Å². The molecule has 0 saturated heterocycles. The number of nitrogens with zero attached hydrogens (tertiary/aromatic N) is 1. The monoisotopic (exact) mass is 300 g/mol. The van der Waals surface area contributed by atoms with Crippen LogP contribution in [0.5, 0.6) is 0 Å². The van der Waals surface area contributed by atoms with Crippen LogP contribution in [0.2, 0.25) is 0 Å². The summed E-state index contributed by atoms with van der Waals surface area (Å²) in [5, 5.41) is 9.00. The fourth-order valence-electron chi connectivity index (χ4n) is 1.92. The lowest BCUT2D eigenvalue weighted by atomic mass is 10.1. The number of nitrogens with two attached hydrogens (primary N) is 1. The van der Waals surface area contributed by atoms with Gasteiger partial charge < -0.3 is 10.8 Å². The molecular weight excluding hydrogens is 280 g/mol. The van der Waals surface area contributed by atoms with Gasteiger partial charge in [0.1, 0.15) is 0 Å². The van der Waals surface area contributed by atoms with Crippen LogP contribution >= 0.6 is 0 Å². The van der Waals surface area contributed by atoms with Crippen molar-refractivity contribution >= 4 is 15.9 Å². The second-order valence-electron chi connectivity index (χ2n) is 4.77. The van der Waals surface area contributed by atoms with Crippen LogP contribution in [0.3, 0.4) is 0 Å². The summed E-state index contributed by atoms with van der Waals surface area (Å²) in [6.45, 7) is 4.85. The quantitative estimate of drug-likeness (QED) is 0.798. The van der Waals surface area contributed by atoms with Crippen LogP contribution in [-0.4, -0.2) is 42.9 Å². The average Bonchev–Trinajstić information content (AvgIpc) is 2.35. The third-order valence-electron chi connectivity index (χ3n) is 2.98. The number of hydrogen-bond donors (Lipinski definition) is 2. The minimum atomic E-state index is -3.77. The molecule has 0 atom stereocenters. The van der Waals surface area contributed by atoms with E-state index in [1.807, 2.05) is 0 Å². The molecule has 3 N–H and O–H groups in total. The molecule has 0 heterocycles. The van der Waals surface area contributed by atoms with Crippen molar-refractivity contribution in [3.05, 3.63) is 29.3 Å². The molecule has 112 valence electrons. The minimum Gasteiger partial charge on any atom is -0.395 e. The van der Waals surface area contributed by atoms with E-state index in [-0.39, 0.29) is 29.7 Å². The van der Waals surface area contributed by atoms with Crippen molar-refractivity contribution in [1.82, 2.24) is 4.31 Å². The molecule has 0 bridgehead atoms. The lowest BCUT2D eigenvalue weighted by Gasteiger charge is -2.25. The van der Waals surface area contributed by atoms with Crippen molar-refractivity contribution in [2.24, 2.45) is 5.73 Å². The molecule has 0 unspecified atom stereocenters. The zero-order valence-electron chi connectivity index (χ0n) is 11.8. The number of rotatable bonds is 6. The van der Waals surface area contributed by atoms with Crippen LogP contribution in [-0.2, 0) is 10.0 Å². The Morgan fingerprint density at radius 2 is 2.00 bits per heavy atom. The first-order valence-corrected chi connectivity index (χ1v) is 7.69. The highest BCUT2D eigenvalue weighted by Crippen LogP contribution is 2.21. The van der Waals surface area contributed by atoms with Gasteiger partial charge in [-0.15, -0.1) is 0 Å². The molecule has 1 aromatic rings. The van der Waals surface area contributed by atoms with E-state index in [0.29, 0.717) is 5.56 Å². The SMILES string of the molecule is Cc1ccc(S(=O)(=O)N(CCO)C(C)C)cc1C(N)=O. The van der Waals surface area contributed by atoms with Crippen molar-refractivity contribution in [3.8, 4) is 0 Å². The highest BCUT2D eigenvalue weighted by molar-refractivity contribution is 7.89. The maximum absolute atomic E-state index is 12.5. The molecule has 0 aliphatic heterocycles. The average molecular weight is 300 g/mol. The number of sulfonamides is 1. The first-order chi connectivity index (χ1) is 9.21. The van der Waals surface area contributed by atoms with Gasteiger partial charge in [0.15, 0.2) is 0 Å². The highest BCUT2D eigenvalue weighted by Gasteiger charge is 2.27. The summed E-state index contributed by atoms with van der Waals surface area (Å²) in [7, 11) is -3.77. The van der Waals surface area contributed by atoms with Gasteiger partial charge in [0.25, 0.3) is 0 Å². The van der Waals surface area contributed by atoms with Gasteiger partial charge in [-0.1, -0.05) is 6.07 Å². The zero-order chi connectivity index (χ0) is 15.5. The summed E-state index contributed by atoms with van der Waals surface area (Å²) in [5.41, 5.74) is 6.03. The number of aliphatic hydroxyl groups is 1. The molecule has 0 saturated carbocycles. The first kappa shape index (κ1) is 16.6. The molecule has 7 heteroatoms. The molecular formula is C13H20N2O4S. The number of aryl methyl sites for hydroxylation is 1. The topological polar surface area (TPSA) is 101 Å². The third-order valence-corrected chi connectivity index (χ3v) is 5.05. The Hall–Kier alpha value is -1.44. The Balaban J connectivity index is 3.34. The molecule has 1 rings (SSSR count). The maximum Gasteiger partial charge on any atom is 0.249 e. The number of benzene rings is 1. The largest absolute Gasteiger partial charge is 0.395 e. The lowest BCUT2D eigenvalue weighted by molar-refractivity contribution is 0.0999. The van der Waals surface area contributed by atoms with Crippen molar-refractivity contribution in [3.63, 3.8) is 0 Å². The van der Waals surface area contributed by atoms with E-state index in [4.69, 9.17) is 10.8 Å². The molecule has 1 amide bonds. The summed E-state index contributed by atoms with van der Waals surface area (Å²) in [5.74, 6) is -0.669. The van der Waals surface area contributed by atoms with E-state index in [1.54, 1.807) is 26.8 Å². The van der Waals surface area contributed by atoms with Crippen LogP contribution in [0, 0.1) is 6.92 Å². The minimum absolute atomic E-state index is 0.000217. The summed E-state index contributed by atoms with van der Waals surface area (Å²) >= 11 is 0. The van der Waals surface area contributed by atoms with Gasteiger partial charge in [-0.3, -0.25) is 4.79 Å². The first-order valence-electron chi connectivity index (χ1n) is 6.25. The predicted molar refractivity (Wildman–Crippen MR) is 75.8 cm³/mol. The van der Waals surface area contributed by atoms with E-state index < -0.39 is 15.9 Å². The molecule has 6 nitrogen and oxygen atoms in total. The van der Waals surface area contributed by atoms with Crippen molar-refractivity contribution < 1.29 is 18.3 Å². The van der Waals surface area contributed by atoms with Crippen LogP contribution in [0.4, 0.5) is 0 Å². The smallest absolute Gasteiger partial charge is 0.249 e. The van der Waals surface area contributed by atoms with Crippen LogP contribution in [0.1, 0.15) is 29.8 Å².